The first-order valence-electron chi connectivity index (χ1n) is 5.69. The predicted molar refractivity (Wildman–Crippen MR) is 69.0 cm³/mol. The Labute approximate surface area is 106 Å². The minimum Gasteiger partial charge on any atom is -0.490 e. The van der Waals surface area contributed by atoms with Crippen LogP contribution in [0, 0.1) is 16.0 Å². The first kappa shape index (κ1) is 14.2. The van der Waals surface area contributed by atoms with Crippen LogP contribution < -0.4 is 10.1 Å². The lowest BCUT2D eigenvalue weighted by atomic mass is 10.1. The van der Waals surface area contributed by atoms with Crippen molar-refractivity contribution in [1.29, 1.82) is 0 Å². The highest BCUT2D eigenvalue weighted by molar-refractivity contribution is 5.58. The second kappa shape index (κ2) is 6.20. The van der Waals surface area contributed by atoms with E-state index in [0.717, 1.165) is 0 Å². The van der Waals surface area contributed by atoms with E-state index in [0.29, 0.717) is 5.69 Å². The van der Waals surface area contributed by atoms with E-state index in [1.807, 2.05) is 13.8 Å². The van der Waals surface area contributed by atoms with E-state index in [4.69, 9.17) is 4.74 Å². The Bertz CT molecular complexity index is 421. The molecule has 2 N–H and O–H groups in total. The van der Waals surface area contributed by atoms with Crippen molar-refractivity contribution < 1.29 is 14.8 Å². The molecule has 18 heavy (non-hydrogen) atoms. The van der Waals surface area contributed by atoms with Gasteiger partial charge in [0.1, 0.15) is 0 Å². The highest BCUT2D eigenvalue weighted by atomic mass is 16.6. The molecule has 6 nitrogen and oxygen atoms in total. The Morgan fingerprint density at radius 3 is 2.61 bits per heavy atom. The predicted octanol–water partition coefficient (Wildman–Crippen LogP) is 2.03. The zero-order chi connectivity index (χ0) is 13.7. The van der Waals surface area contributed by atoms with Gasteiger partial charge < -0.3 is 15.2 Å². The number of hydrogen-bond acceptors (Lipinski definition) is 5. The summed E-state index contributed by atoms with van der Waals surface area (Å²) in [5, 5.41) is 23.1. The van der Waals surface area contributed by atoms with Gasteiger partial charge in [0.15, 0.2) is 5.75 Å². The van der Waals surface area contributed by atoms with Crippen LogP contribution in [0.3, 0.4) is 0 Å². The molecule has 0 saturated heterocycles. The quantitative estimate of drug-likeness (QED) is 0.599. The lowest BCUT2D eigenvalue weighted by Gasteiger charge is -2.21. The van der Waals surface area contributed by atoms with E-state index < -0.39 is 4.92 Å². The van der Waals surface area contributed by atoms with Crippen molar-refractivity contribution in [3.05, 3.63) is 28.3 Å². The molecule has 1 rings (SSSR count). The zero-order valence-corrected chi connectivity index (χ0v) is 10.7. The number of nitro benzene ring substituents is 1. The number of methoxy groups -OCH3 is 1. The van der Waals surface area contributed by atoms with Crippen molar-refractivity contribution in [2.24, 2.45) is 5.92 Å². The Hall–Kier alpha value is -1.82. The molecule has 0 amide bonds. The molecule has 0 aliphatic rings. The zero-order valence-electron chi connectivity index (χ0n) is 10.7. The maximum absolute atomic E-state index is 10.7. The maximum atomic E-state index is 10.7. The number of hydrogen-bond donors (Lipinski definition) is 2. The van der Waals surface area contributed by atoms with E-state index in [2.05, 4.69) is 5.32 Å². The molecule has 0 spiro atoms. The van der Waals surface area contributed by atoms with Gasteiger partial charge in [-0.2, -0.15) is 0 Å². The lowest BCUT2D eigenvalue weighted by molar-refractivity contribution is -0.385. The van der Waals surface area contributed by atoms with Gasteiger partial charge in [0.05, 0.1) is 24.7 Å². The SMILES string of the molecule is COc1cc(N[C@H](CO)C(C)C)ccc1[N+](=O)[O-]. The molecular formula is C12H18N2O4. The molecule has 0 aliphatic heterocycles. The van der Waals surface area contributed by atoms with Crippen molar-refractivity contribution in [3.8, 4) is 5.75 Å². The number of nitro groups is 1. The molecule has 0 bridgehead atoms. The van der Waals surface area contributed by atoms with Crippen LogP contribution in [-0.4, -0.2) is 29.8 Å². The maximum Gasteiger partial charge on any atom is 0.311 e. The lowest BCUT2D eigenvalue weighted by Crippen LogP contribution is -2.29. The summed E-state index contributed by atoms with van der Waals surface area (Å²) in [4.78, 5) is 10.3. The average molecular weight is 254 g/mol. The smallest absolute Gasteiger partial charge is 0.311 e. The monoisotopic (exact) mass is 254 g/mol. The Kier molecular flexibility index (Phi) is 4.91. The number of nitrogens with zero attached hydrogens (tertiary/aromatic N) is 1. The van der Waals surface area contributed by atoms with Crippen LogP contribution in [-0.2, 0) is 0 Å². The largest absolute Gasteiger partial charge is 0.490 e. The van der Waals surface area contributed by atoms with Crippen molar-refractivity contribution in [2.75, 3.05) is 19.0 Å². The number of benzene rings is 1. The van der Waals surface area contributed by atoms with Gasteiger partial charge in [-0.1, -0.05) is 13.8 Å². The molecule has 0 saturated carbocycles. The van der Waals surface area contributed by atoms with Crippen molar-refractivity contribution >= 4 is 11.4 Å². The molecular weight excluding hydrogens is 236 g/mol. The van der Waals surface area contributed by atoms with E-state index in [1.54, 1.807) is 12.1 Å². The molecule has 6 heteroatoms. The minimum absolute atomic E-state index is 0.00301. The third-order valence-corrected chi connectivity index (χ3v) is 2.73. The number of aliphatic hydroxyl groups is 1. The normalized spacial score (nSPS) is 12.3. The molecule has 100 valence electrons. The van der Waals surface area contributed by atoms with Gasteiger partial charge in [0, 0.05) is 17.8 Å². The van der Waals surface area contributed by atoms with Gasteiger partial charge in [-0.3, -0.25) is 10.1 Å². The summed E-state index contributed by atoms with van der Waals surface area (Å²) in [6, 6.07) is 4.45. The standard InChI is InChI=1S/C12H18N2O4/c1-8(2)10(7-15)13-9-4-5-11(14(16)17)12(6-9)18-3/h4-6,8,10,13,15H,7H2,1-3H3/t10-/m1/s1. The summed E-state index contributed by atoms with van der Waals surface area (Å²) in [5.41, 5.74) is 0.610. The molecule has 0 radical (unpaired) electrons. The summed E-state index contributed by atoms with van der Waals surface area (Å²) < 4.78 is 4.98. The van der Waals surface area contributed by atoms with Gasteiger partial charge >= 0.3 is 5.69 Å². The van der Waals surface area contributed by atoms with Crippen molar-refractivity contribution in [1.82, 2.24) is 0 Å². The fraction of sp³-hybridized carbons (Fsp3) is 0.500. The Balaban J connectivity index is 2.95. The van der Waals surface area contributed by atoms with Crippen molar-refractivity contribution in [2.45, 2.75) is 19.9 Å². The highest BCUT2D eigenvalue weighted by Crippen LogP contribution is 2.30. The van der Waals surface area contributed by atoms with Gasteiger partial charge in [0.2, 0.25) is 0 Å². The van der Waals surface area contributed by atoms with Crippen LogP contribution in [0.15, 0.2) is 18.2 Å². The molecule has 1 atom stereocenters. The first-order chi connectivity index (χ1) is 8.49. The fourth-order valence-electron chi connectivity index (χ4n) is 1.56. The number of ether oxygens (including phenoxy) is 1. The van der Waals surface area contributed by atoms with Crippen LogP contribution in [0.4, 0.5) is 11.4 Å². The molecule has 0 aromatic heterocycles. The summed E-state index contributed by atoms with van der Waals surface area (Å²) in [6.45, 7) is 3.96. The minimum atomic E-state index is -0.491. The van der Waals surface area contributed by atoms with E-state index in [-0.39, 0.29) is 30.0 Å². The van der Waals surface area contributed by atoms with Crippen LogP contribution >= 0.6 is 0 Å². The third-order valence-electron chi connectivity index (χ3n) is 2.73. The summed E-state index contributed by atoms with van der Waals surface area (Å²) >= 11 is 0. The van der Waals surface area contributed by atoms with Crippen LogP contribution in [0.5, 0.6) is 5.75 Å². The molecule has 0 heterocycles. The highest BCUT2D eigenvalue weighted by Gasteiger charge is 2.17. The average Bonchev–Trinajstić information content (AvgIpc) is 2.34. The van der Waals surface area contributed by atoms with Gasteiger partial charge in [0.25, 0.3) is 0 Å². The van der Waals surface area contributed by atoms with Gasteiger partial charge in [-0.15, -0.1) is 0 Å². The van der Waals surface area contributed by atoms with E-state index in [9.17, 15) is 15.2 Å². The molecule has 1 aromatic carbocycles. The second-order valence-electron chi connectivity index (χ2n) is 4.32. The van der Waals surface area contributed by atoms with Gasteiger partial charge in [-0.05, 0) is 12.0 Å². The van der Waals surface area contributed by atoms with Crippen LogP contribution in [0.2, 0.25) is 0 Å². The number of aliphatic hydroxyl groups excluding tert-OH is 1. The van der Waals surface area contributed by atoms with E-state index in [1.165, 1.54) is 13.2 Å². The molecule has 0 fully saturated rings. The van der Waals surface area contributed by atoms with Crippen LogP contribution in [0.1, 0.15) is 13.8 Å². The second-order valence-corrected chi connectivity index (χ2v) is 4.32. The number of nitrogens with one attached hydrogen (secondary N) is 1. The fourth-order valence-corrected chi connectivity index (χ4v) is 1.56. The molecule has 0 unspecified atom stereocenters. The van der Waals surface area contributed by atoms with Crippen molar-refractivity contribution in [3.63, 3.8) is 0 Å². The molecule has 0 aliphatic carbocycles. The van der Waals surface area contributed by atoms with E-state index >= 15 is 0 Å². The summed E-state index contributed by atoms with van der Waals surface area (Å²) in [6.07, 6.45) is 0. The Morgan fingerprint density at radius 2 is 2.17 bits per heavy atom. The molecule has 1 aromatic rings. The topological polar surface area (TPSA) is 84.6 Å². The van der Waals surface area contributed by atoms with Crippen LogP contribution in [0.25, 0.3) is 0 Å². The summed E-state index contributed by atoms with van der Waals surface area (Å²) in [7, 11) is 1.39. The number of rotatable bonds is 6. The number of anilines is 1. The summed E-state index contributed by atoms with van der Waals surface area (Å²) in [5.74, 6) is 0.446. The Morgan fingerprint density at radius 1 is 1.50 bits per heavy atom. The third kappa shape index (κ3) is 3.33. The first-order valence-corrected chi connectivity index (χ1v) is 5.69. The van der Waals surface area contributed by atoms with Gasteiger partial charge in [-0.25, -0.2) is 0 Å².